The lowest BCUT2D eigenvalue weighted by atomic mass is 9.81. The molecule has 0 atom stereocenters. The number of nitrogens with zero attached hydrogens (tertiary/aromatic N) is 1. The molecule has 2 aliphatic carbocycles. The molecule has 2 rings (SSSR count). The molecule has 0 aromatic heterocycles. The third-order valence-electron chi connectivity index (χ3n) is 4.54. The van der Waals surface area contributed by atoms with Crippen LogP contribution in [0.4, 0.5) is 13.2 Å². The molecule has 0 spiro atoms. The number of halogens is 3. The van der Waals surface area contributed by atoms with E-state index in [0.717, 1.165) is 12.5 Å². The third kappa shape index (κ3) is 4.28. The van der Waals surface area contributed by atoms with E-state index in [-0.39, 0.29) is 12.8 Å². The zero-order chi connectivity index (χ0) is 14.6. The van der Waals surface area contributed by atoms with Gasteiger partial charge in [-0.05, 0) is 50.9 Å². The minimum Gasteiger partial charge on any atom is -0.356 e. The van der Waals surface area contributed by atoms with Gasteiger partial charge in [-0.2, -0.15) is 13.2 Å². The molecule has 0 aliphatic heterocycles. The lowest BCUT2D eigenvalue weighted by molar-refractivity contribution is -0.183. The minimum atomic E-state index is -4.01. The Labute approximate surface area is 118 Å². The quantitative estimate of drug-likeness (QED) is 0.619. The van der Waals surface area contributed by atoms with E-state index >= 15 is 0 Å². The van der Waals surface area contributed by atoms with Gasteiger partial charge in [-0.15, -0.1) is 0 Å². The van der Waals surface area contributed by atoms with Gasteiger partial charge in [0.15, 0.2) is 5.96 Å². The molecule has 2 fully saturated rings. The number of hydrogen-bond acceptors (Lipinski definition) is 1. The summed E-state index contributed by atoms with van der Waals surface area (Å²) >= 11 is 0. The highest BCUT2D eigenvalue weighted by Crippen LogP contribution is 2.39. The predicted octanol–water partition coefficient (Wildman–Crippen LogP) is 3.07. The maximum Gasteiger partial charge on any atom is 0.391 e. The molecule has 6 heteroatoms. The molecule has 0 unspecified atom stereocenters. The molecule has 2 saturated carbocycles. The molecule has 116 valence electrons. The van der Waals surface area contributed by atoms with Crippen molar-refractivity contribution in [2.75, 3.05) is 13.6 Å². The Morgan fingerprint density at radius 3 is 2.20 bits per heavy atom. The first-order valence-electron chi connectivity index (χ1n) is 7.53. The van der Waals surface area contributed by atoms with Gasteiger partial charge in [-0.1, -0.05) is 0 Å². The van der Waals surface area contributed by atoms with Crippen molar-refractivity contribution in [2.24, 2.45) is 16.8 Å². The van der Waals surface area contributed by atoms with Gasteiger partial charge in [0.05, 0.1) is 5.92 Å². The second-order valence-corrected chi connectivity index (χ2v) is 5.98. The van der Waals surface area contributed by atoms with Crippen LogP contribution in [0.3, 0.4) is 0 Å². The van der Waals surface area contributed by atoms with Crippen molar-refractivity contribution >= 4 is 5.96 Å². The van der Waals surface area contributed by atoms with Crippen molar-refractivity contribution in [3.8, 4) is 0 Å². The molecule has 0 saturated heterocycles. The number of hydrogen-bond donors (Lipinski definition) is 2. The topological polar surface area (TPSA) is 36.4 Å². The average Bonchev–Trinajstić information content (AvgIpc) is 2.36. The molecule has 0 aromatic carbocycles. The number of rotatable bonds is 3. The summed E-state index contributed by atoms with van der Waals surface area (Å²) in [5.74, 6) is 0.0207. The fourth-order valence-electron chi connectivity index (χ4n) is 2.88. The summed E-state index contributed by atoms with van der Waals surface area (Å²) in [6.07, 6.45) is 1.44. The van der Waals surface area contributed by atoms with Crippen LogP contribution in [-0.4, -0.2) is 31.8 Å². The lowest BCUT2D eigenvalue weighted by Gasteiger charge is -2.31. The fraction of sp³-hybridized carbons (Fsp3) is 0.929. The summed E-state index contributed by atoms with van der Waals surface area (Å²) < 4.78 is 37.7. The molecular weight excluding hydrogens is 267 g/mol. The molecule has 0 radical (unpaired) electrons. The van der Waals surface area contributed by atoms with Gasteiger partial charge in [-0.25, -0.2) is 0 Å². The molecule has 2 aliphatic rings. The first-order valence-corrected chi connectivity index (χ1v) is 7.53. The van der Waals surface area contributed by atoms with E-state index in [4.69, 9.17) is 0 Å². The summed E-state index contributed by atoms with van der Waals surface area (Å²) in [6, 6.07) is 0.516. The first kappa shape index (κ1) is 15.4. The van der Waals surface area contributed by atoms with E-state index in [2.05, 4.69) is 15.6 Å². The van der Waals surface area contributed by atoms with Crippen molar-refractivity contribution in [1.82, 2.24) is 10.6 Å². The van der Waals surface area contributed by atoms with Crippen LogP contribution in [0.25, 0.3) is 0 Å². The second-order valence-electron chi connectivity index (χ2n) is 5.98. The Balaban J connectivity index is 1.67. The van der Waals surface area contributed by atoms with E-state index in [1.54, 1.807) is 7.05 Å². The summed E-state index contributed by atoms with van der Waals surface area (Å²) in [5.41, 5.74) is 0. The highest BCUT2D eigenvalue weighted by molar-refractivity contribution is 5.80. The van der Waals surface area contributed by atoms with Crippen LogP contribution in [-0.2, 0) is 0 Å². The Morgan fingerprint density at radius 1 is 1.10 bits per heavy atom. The SMILES string of the molecule is CN=C(NCC1CCC(C(F)(F)F)CC1)NC1CCC1. The molecule has 3 nitrogen and oxygen atoms in total. The molecular formula is C14H24F3N3. The van der Waals surface area contributed by atoms with Gasteiger partial charge >= 0.3 is 6.18 Å². The molecule has 0 heterocycles. The van der Waals surface area contributed by atoms with Gasteiger partial charge in [0, 0.05) is 19.6 Å². The monoisotopic (exact) mass is 291 g/mol. The van der Waals surface area contributed by atoms with Gasteiger partial charge in [0.1, 0.15) is 0 Å². The summed E-state index contributed by atoms with van der Waals surface area (Å²) in [7, 11) is 1.73. The Morgan fingerprint density at radius 2 is 1.75 bits per heavy atom. The van der Waals surface area contributed by atoms with Crippen molar-refractivity contribution in [1.29, 1.82) is 0 Å². The highest BCUT2D eigenvalue weighted by atomic mass is 19.4. The number of alkyl halides is 3. The zero-order valence-electron chi connectivity index (χ0n) is 12.0. The Kier molecular flexibility index (Phi) is 5.16. The molecule has 2 N–H and O–H groups in total. The van der Waals surface area contributed by atoms with E-state index < -0.39 is 12.1 Å². The van der Waals surface area contributed by atoms with Gasteiger partial charge in [-0.3, -0.25) is 4.99 Å². The Bertz CT molecular complexity index is 329. The molecule has 0 amide bonds. The van der Waals surface area contributed by atoms with Crippen LogP contribution >= 0.6 is 0 Å². The van der Waals surface area contributed by atoms with Crippen molar-refractivity contribution in [3.05, 3.63) is 0 Å². The summed E-state index contributed by atoms with van der Waals surface area (Å²) in [5, 5.41) is 6.58. The van der Waals surface area contributed by atoms with E-state index in [0.29, 0.717) is 24.8 Å². The molecule has 20 heavy (non-hydrogen) atoms. The standard InChI is InChI=1S/C14H24F3N3/c1-18-13(20-12-3-2-4-12)19-9-10-5-7-11(8-6-10)14(15,16)17/h10-12H,2-9H2,1H3,(H2,18,19,20). The largest absolute Gasteiger partial charge is 0.391 e. The molecule has 0 aromatic rings. The summed E-state index contributed by atoms with van der Waals surface area (Å²) in [6.45, 7) is 0.719. The van der Waals surface area contributed by atoms with Crippen LogP contribution in [0.1, 0.15) is 44.9 Å². The van der Waals surface area contributed by atoms with Crippen LogP contribution in [0.15, 0.2) is 4.99 Å². The van der Waals surface area contributed by atoms with Gasteiger partial charge in [0.2, 0.25) is 0 Å². The second kappa shape index (κ2) is 6.68. The average molecular weight is 291 g/mol. The maximum absolute atomic E-state index is 12.6. The first-order chi connectivity index (χ1) is 9.49. The number of guanidine groups is 1. The number of nitrogens with one attached hydrogen (secondary N) is 2. The zero-order valence-corrected chi connectivity index (χ0v) is 12.0. The van der Waals surface area contributed by atoms with Crippen LogP contribution in [0.5, 0.6) is 0 Å². The summed E-state index contributed by atoms with van der Waals surface area (Å²) in [4.78, 5) is 4.16. The van der Waals surface area contributed by atoms with Crippen LogP contribution in [0, 0.1) is 11.8 Å². The third-order valence-corrected chi connectivity index (χ3v) is 4.54. The van der Waals surface area contributed by atoms with Gasteiger partial charge in [0.25, 0.3) is 0 Å². The highest BCUT2D eigenvalue weighted by Gasteiger charge is 2.41. The van der Waals surface area contributed by atoms with Crippen molar-refractivity contribution in [3.63, 3.8) is 0 Å². The van der Waals surface area contributed by atoms with Crippen molar-refractivity contribution in [2.45, 2.75) is 57.2 Å². The lowest BCUT2D eigenvalue weighted by Crippen LogP contribution is -2.47. The minimum absolute atomic E-state index is 0.268. The van der Waals surface area contributed by atoms with Crippen molar-refractivity contribution < 1.29 is 13.2 Å². The van der Waals surface area contributed by atoms with E-state index in [1.165, 1.54) is 19.3 Å². The predicted molar refractivity (Wildman–Crippen MR) is 73.6 cm³/mol. The molecule has 0 bridgehead atoms. The van der Waals surface area contributed by atoms with Crippen LogP contribution in [0.2, 0.25) is 0 Å². The van der Waals surface area contributed by atoms with Crippen LogP contribution < -0.4 is 10.6 Å². The fourth-order valence-corrected chi connectivity index (χ4v) is 2.88. The van der Waals surface area contributed by atoms with E-state index in [1.807, 2.05) is 0 Å². The van der Waals surface area contributed by atoms with E-state index in [9.17, 15) is 13.2 Å². The normalized spacial score (nSPS) is 28.9. The smallest absolute Gasteiger partial charge is 0.356 e. The van der Waals surface area contributed by atoms with Gasteiger partial charge < -0.3 is 10.6 Å². The maximum atomic E-state index is 12.6. The number of aliphatic imine (C=N–C) groups is 1. The Hall–Kier alpha value is -0.940.